The molecule has 0 heterocycles. The topological polar surface area (TPSA) is 112 Å². The van der Waals surface area contributed by atoms with Crippen molar-refractivity contribution in [3.63, 3.8) is 0 Å². The van der Waals surface area contributed by atoms with E-state index in [1.807, 2.05) is 20.1 Å². The van der Waals surface area contributed by atoms with Crippen LogP contribution in [0.15, 0.2) is 24.3 Å². The van der Waals surface area contributed by atoms with Crippen LogP contribution >= 0.6 is 21.6 Å². The van der Waals surface area contributed by atoms with Gasteiger partial charge in [-0.1, -0.05) is 53.3 Å². The fraction of sp³-hybridized carbons (Fsp3) is 0.545. The maximum Gasteiger partial charge on any atom is 0.251 e. The minimum absolute atomic E-state index is 0.0391. The Hall–Kier alpha value is -1.90. The second-order valence-electron chi connectivity index (χ2n) is 6.75. The van der Waals surface area contributed by atoms with Gasteiger partial charge in [0.15, 0.2) is 0 Å². The smallest absolute Gasteiger partial charge is 0.251 e. The lowest BCUT2D eigenvalue weighted by Gasteiger charge is -2.17. The van der Waals surface area contributed by atoms with Gasteiger partial charge >= 0.3 is 0 Å². The molecule has 1 rings (SSSR count). The summed E-state index contributed by atoms with van der Waals surface area (Å²) in [5.41, 5.74) is 5.68. The Bertz CT molecular complexity index is 753. The lowest BCUT2D eigenvalue weighted by atomic mass is 10.2. The Kier molecular flexibility index (Phi) is 15.5. The van der Waals surface area contributed by atoms with E-state index in [2.05, 4.69) is 22.5 Å². The number of hydrogen-bond acceptors (Lipinski definition) is 8. The highest BCUT2D eigenvalue weighted by atomic mass is 33.1. The van der Waals surface area contributed by atoms with E-state index in [1.54, 1.807) is 35.1 Å². The Balaban J connectivity index is 2.32. The van der Waals surface area contributed by atoms with Crippen molar-refractivity contribution in [2.24, 2.45) is 11.7 Å². The van der Waals surface area contributed by atoms with Gasteiger partial charge in [-0.3, -0.25) is 9.59 Å². The molecule has 32 heavy (non-hydrogen) atoms. The minimum atomic E-state index is -0.233. The van der Waals surface area contributed by atoms with Crippen LogP contribution < -0.4 is 21.1 Å². The fourth-order valence-electron chi connectivity index (χ4n) is 2.24. The fourth-order valence-corrected chi connectivity index (χ4v) is 3.71. The molecule has 8 nitrogen and oxygen atoms in total. The van der Waals surface area contributed by atoms with Crippen LogP contribution in [0.2, 0.25) is 0 Å². The molecule has 0 saturated heterocycles. The first-order valence-electron chi connectivity index (χ1n) is 10.3. The van der Waals surface area contributed by atoms with Gasteiger partial charge in [0.25, 0.3) is 5.91 Å². The molecule has 0 aromatic heterocycles. The monoisotopic (exact) mass is 483 g/mol. The number of amides is 2. The van der Waals surface area contributed by atoms with Gasteiger partial charge in [0.1, 0.15) is 24.4 Å². The second-order valence-corrected chi connectivity index (χ2v) is 9.38. The summed E-state index contributed by atoms with van der Waals surface area (Å²) in [6.07, 6.45) is 1.95. The molecule has 4 N–H and O–H groups in total. The van der Waals surface area contributed by atoms with Gasteiger partial charge in [-0.05, 0) is 24.5 Å². The molecular weight excluding hydrogens is 450 g/mol. The van der Waals surface area contributed by atoms with E-state index in [1.165, 1.54) is 10.8 Å². The second kappa shape index (κ2) is 17.6. The van der Waals surface area contributed by atoms with Crippen molar-refractivity contribution >= 4 is 33.4 Å². The third-order valence-corrected chi connectivity index (χ3v) is 5.55. The van der Waals surface area contributed by atoms with Crippen LogP contribution in [0.1, 0.15) is 24.2 Å². The minimum Gasteiger partial charge on any atom is -0.490 e. The lowest BCUT2D eigenvalue weighted by Crippen LogP contribution is -2.29. The van der Waals surface area contributed by atoms with Crippen molar-refractivity contribution in [1.82, 2.24) is 10.6 Å². The zero-order chi connectivity index (χ0) is 23.6. The van der Waals surface area contributed by atoms with Gasteiger partial charge in [-0.2, -0.15) is 0 Å². The molecule has 1 aromatic rings. The number of carbonyl (C=O) groups excluding carboxylic acids is 2. The molecule has 2 amide bonds. The first-order valence-corrected chi connectivity index (χ1v) is 12.9. The molecule has 0 aliphatic heterocycles. The van der Waals surface area contributed by atoms with Crippen LogP contribution in [-0.4, -0.2) is 69.6 Å². The van der Waals surface area contributed by atoms with E-state index < -0.39 is 0 Å². The highest BCUT2D eigenvalue weighted by molar-refractivity contribution is 8.76. The van der Waals surface area contributed by atoms with Gasteiger partial charge in [0.2, 0.25) is 5.91 Å². The summed E-state index contributed by atoms with van der Waals surface area (Å²) < 4.78 is 16.9. The Morgan fingerprint density at radius 1 is 1.22 bits per heavy atom. The van der Waals surface area contributed by atoms with Gasteiger partial charge in [-0.25, -0.2) is 0 Å². The first kappa shape index (κ1) is 28.1. The van der Waals surface area contributed by atoms with E-state index >= 15 is 0 Å². The molecule has 0 unspecified atom stereocenters. The van der Waals surface area contributed by atoms with E-state index in [0.717, 1.165) is 0 Å². The number of ether oxygens (including phenoxy) is 3. The van der Waals surface area contributed by atoms with E-state index in [-0.39, 0.29) is 36.4 Å². The maximum atomic E-state index is 12.0. The van der Waals surface area contributed by atoms with Crippen LogP contribution in [-0.2, 0) is 14.3 Å². The molecule has 0 radical (unpaired) electrons. The largest absolute Gasteiger partial charge is 0.490 e. The molecular formula is C22H33N3O5S2. The average molecular weight is 484 g/mol. The van der Waals surface area contributed by atoms with Crippen molar-refractivity contribution in [2.75, 3.05) is 52.3 Å². The average Bonchev–Trinajstić information content (AvgIpc) is 2.78. The number of nitrogens with one attached hydrogen (secondary N) is 2. The maximum absolute atomic E-state index is 12.0. The van der Waals surface area contributed by atoms with Crippen LogP contribution in [0.25, 0.3) is 0 Å². The van der Waals surface area contributed by atoms with Crippen LogP contribution in [0, 0.1) is 17.8 Å². The first-order chi connectivity index (χ1) is 15.5. The number of hydrogen-bond donors (Lipinski definition) is 3. The normalized spacial score (nSPS) is 11.4. The van der Waals surface area contributed by atoms with Crippen molar-refractivity contribution in [1.29, 1.82) is 0 Å². The molecule has 0 bridgehead atoms. The number of nitrogens with two attached hydrogens (primary N) is 1. The van der Waals surface area contributed by atoms with Crippen LogP contribution in [0.3, 0.4) is 0 Å². The summed E-state index contributed by atoms with van der Waals surface area (Å²) in [4.78, 5) is 23.7. The summed E-state index contributed by atoms with van der Waals surface area (Å²) in [7, 11) is 3.09. The lowest BCUT2D eigenvalue weighted by molar-refractivity contribution is -0.126. The van der Waals surface area contributed by atoms with E-state index in [4.69, 9.17) is 19.9 Å². The molecule has 178 valence electrons. The van der Waals surface area contributed by atoms with Gasteiger partial charge in [0, 0.05) is 24.6 Å². The molecule has 1 aromatic carbocycles. The Morgan fingerprint density at radius 2 is 2.03 bits per heavy atom. The number of benzene rings is 1. The predicted molar refractivity (Wildman–Crippen MR) is 131 cm³/mol. The molecule has 1 atom stereocenters. The zero-order valence-corrected chi connectivity index (χ0v) is 20.5. The predicted octanol–water partition coefficient (Wildman–Crippen LogP) is 1.90. The number of carbonyl (C=O) groups is 2. The van der Waals surface area contributed by atoms with Crippen LogP contribution in [0.5, 0.6) is 5.75 Å². The molecule has 10 heteroatoms. The molecule has 0 spiro atoms. The molecule has 0 aliphatic carbocycles. The third kappa shape index (κ3) is 13.5. The highest BCUT2D eigenvalue weighted by Crippen LogP contribution is 2.25. The summed E-state index contributed by atoms with van der Waals surface area (Å²) in [5, 5.41) is 5.41. The Morgan fingerprint density at radius 3 is 2.75 bits per heavy atom. The summed E-state index contributed by atoms with van der Waals surface area (Å²) >= 11 is 0. The summed E-state index contributed by atoms with van der Waals surface area (Å²) in [6, 6.07) is 6.94. The number of rotatable bonds is 15. The summed E-state index contributed by atoms with van der Waals surface area (Å²) in [5.74, 6) is 6.31. The van der Waals surface area contributed by atoms with Gasteiger partial charge in [0.05, 0.1) is 19.8 Å². The zero-order valence-electron chi connectivity index (χ0n) is 18.8. The van der Waals surface area contributed by atoms with Crippen molar-refractivity contribution in [3.05, 3.63) is 29.8 Å². The molecule has 0 fully saturated rings. The van der Waals surface area contributed by atoms with Crippen LogP contribution in [0.4, 0.5) is 0 Å². The van der Waals surface area contributed by atoms with Crippen molar-refractivity contribution < 1.29 is 23.8 Å². The van der Waals surface area contributed by atoms with E-state index in [9.17, 15) is 9.59 Å². The Labute approximate surface area is 198 Å². The highest BCUT2D eigenvalue weighted by Gasteiger charge is 2.12. The van der Waals surface area contributed by atoms with Gasteiger partial charge < -0.3 is 30.6 Å². The summed E-state index contributed by atoms with van der Waals surface area (Å²) in [6.45, 7) is 5.97. The quantitative estimate of drug-likeness (QED) is 0.150. The third-order valence-electron chi connectivity index (χ3n) is 3.65. The van der Waals surface area contributed by atoms with Crippen molar-refractivity contribution in [3.8, 4) is 17.6 Å². The van der Waals surface area contributed by atoms with E-state index in [0.29, 0.717) is 44.2 Å². The molecule has 0 saturated carbocycles. The van der Waals surface area contributed by atoms with Gasteiger partial charge in [-0.15, -0.1) is 0 Å². The van der Waals surface area contributed by atoms with Crippen molar-refractivity contribution in [2.45, 2.75) is 19.3 Å². The SMILES string of the molecule is CSS[C@H](COc1cccc(C(=O)NCCN)c1)OCCOCC(=O)NCC#CC(C)C. The molecule has 0 aliphatic rings. The standard InChI is InChI=1S/C22H33N3O5S2/c1-17(2)6-5-10-24-20(26)15-28-12-13-29-21(32-31-3)16-30-19-8-4-7-18(14-19)22(27)25-11-9-23/h4,7-8,14,17,21H,9-13,15-16,23H2,1-3H3,(H,24,26)(H,25,27)/t21-/m1/s1.